The maximum absolute atomic E-state index is 13.4. The molecular formula is C25H23N3O3. The number of nitrogens with zero attached hydrogens (tertiary/aromatic N) is 1. The van der Waals surface area contributed by atoms with Gasteiger partial charge in [0, 0.05) is 17.9 Å². The third-order valence-electron chi connectivity index (χ3n) is 4.76. The van der Waals surface area contributed by atoms with E-state index in [2.05, 4.69) is 11.2 Å². The molecule has 3 rings (SSSR count). The van der Waals surface area contributed by atoms with Gasteiger partial charge in [-0.05, 0) is 46.9 Å². The van der Waals surface area contributed by atoms with Crippen molar-refractivity contribution in [2.75, 3.05) is 10.6 Å². The van der Waals surface area contributed by atoms with Crippen molar-refractivity contribution in [3.63, 3.8) is 0 Å². The molecule has 6 heteroatoms. The Bertz CT molecular complexity index is 1110. The van der Waals surface area contributed by atoms with Crippen LogP contribution in [0.15, 0.2) is 78.9 Å². The molecule has 0 aliphatic carbocycles. The Balaban J connectivity index is 2.04. The molecule has 0 aliphatic heterocycles. The van der Waals surface area contributed by atoms with Crippen LogP contribution in [0.2, 0.25) is 0 Å². The summed E-state index contributed by atoms with van der Waals surface area (Å²) in [6.07, 6.45) is 5.44. The van der Waals surface area contributed by atoms with Crippen LogP contribution in [-0.2, 0) is 22.7 Å². The van der Waals surface area contributed by atoms with Crippen molar-refractivity contribution in [3.05, 3.63) is 95.6 Å². The van der Waals surface area contributed by atoms with Gasteiger partial charge >= 0.3 is 5.91 Å². The molecule has 0 aromatic heterocycles. The Kier molecular flexibility index (Phi) is 7.05. The fourth-order valence-corrected chi connectivity index (χ4v) is 3.29. The van der Waals surface area contributed by atoms with E-state index in [9.17, 15) is 14.7 Å². The summed E-state index contributed by atoms with van der Waals surface area (Å²) in [6, 6.07) is 21.8. The molecule has 0 aliphatic rings. The molecule has 0 fully saturated rings. The lowest BCUT2D eigenvalue weighted by atomic mass is 10.0. The Labute approximate surface area is 181 Å². The van der Waals surface area contributed by atoms with E-state index in [0.717, 1.165) is 5.56 Å². The number of aliphatic hydroxyl groups is 1. The minimum Gasteiger partial charge on any atom is -0.399 e. The van der Waals surface area contributed by atoms with Gasteiger partial charge in [-0.25, -0.2) is 0 Å². The number of amides is 2. The van der Waals surface area contributed by atoms with Crippen LogP contribution in [0.3, 0.4) is 0 Å². The van der Waals surface area contributed by atoms with Crippen molar-refractivity contribution >= 4 is 23.2 Å². The Morgan fingerprint density at radius 1 is 1.00 bits per heavy atom. The van der Waals surface area contributed by atoms with E-state index in [0.29, 0.717) is 22.5 Å². The summed E-state index contributed by atoms with van der Waals surface area (Å²) in [5.74, 6) is 1.02. The number of carbonyl (C=O) groups is 2. The third-order valence-corrected chi connectivity index (χ3v) is 4.76. The second-order valence-electron chi connectivity index (χ2n) is 6.92. The van der Waals surface area contributed by atoms with Gasteiger partial charge < -0.3 is 16.2 Å². The average molecular weight is 413 g/mol. The predicted molar refractivity (Wildman–Crippen MR) is 121 cm³/mol. The minimum atomic E-state index is -1.05. The first-order chi connectivity index (χ1) is 15.0. The van der Waals surface area contributed by atoms with Gasteiger partial charge in [0.15, 0.2) is 0 Å². The zero-order valence-electron chi connectivity index (χ0n) is 16.9. The van der Waals surface area contributed by atoms with Gasteiger partial charge in [-0.15, -0.1) is 6.42 Å². The molecule has 0 saturated carbocycles. The van der Waals surface area contributed by atoms with Gasteiger partial charge in [0.2, 0.25) is 5.91 Å². The van der Waals surface area contributed by atoms with Gasteiger partial charge in [0.25, 0.3) is 0 Å². The number of anilines is 2. The SMILES string of the molecule is C#CC(=O)N(c1cccc(CO)c1)C(C(=O)NCc1ccccc1)c1cccc(N)c1. The molecule has 2 amide bonds. The van der Waals surface area contributed by atoms with E-state index in [4.69, 9.17) is 12.2 Å². The molecule has 0 heterocycles. The zero-order chi connectivity index (χ0) is 22.2. The number of nitrogens with one attached hydrogen (secondary N) is 1. The monoisotopic (exact) mass is 413 g/mol. The molecule has 1 unspecified atom stereocenters. The van der Waals surface area contributed by atoms with Crippen LogP contribution in [-0.4, -0.2) is 16.9 Å². The first-order valence-electron chi connectivity index (χ1n) is 9.70. The molecule has 0 spiro atoms. The number of benzene rings is 3. The van der Waals surface area contributed by atoms with Gasteiger partial charge in [-0.3, -0.25) is 14.5 Å². The number of carbonyl (C=O) groups excluding carboxylic acids is 2. The van der Waals surface area contributed by atoms with Crippen LogP contribution >= 0.6 is 0 Å². The first kappa shape index (κ1) is 21.6. The Morgan fingerprint density at radius 3 is 2.39 bits per heavy atom. The van der Waals surface area contributed by atoms with Gasteiger partial charge in [-0.2, -0.15) is 0 Å². The van der Waals surface area contributed by atoms with E-state index < -0.39 is 17.9 Å². The standard InChI is InChI=1S/C25H23N3O3/c1-2-23(30)28(22-13-6-10-19(14-22)17-29)24(20-11-7-12-21(26)15-20)25(31)27-16-18-8-4-3-5-9-18/h1,3-15,24,29H,16-17,26H2,(H,27,31). The lowest BCUT2D eigenvalue weighted by Gasteiger charge is -2.30. The third kappa shape index (κ3) is 5.30. The van der Waals surface area contributed by atoms with Crippen molar-refractivity contribution < 1.29 is 14.7 Å². The molecule has 0 bridgehead atoms. The molecule has 31 heavy (non-hydrogen) atoms. The van der Waals surface area contributed by atoms with Crippen molar-refractivity contribution in [1.82, 2.24) is 5.32 Å². The summed E-state index contributed by atoms with van der Waals surface area (Å²) < 4.78 is 0. The van der Waals surface area contributed by atoms with E-state index >= 15 is 0 Å². The fraction of sp³-hybridized carbons (Fsp3) is 0.120. The first-order valence-corrected chi connectivity index (χ1v) is 9.70. The highest BCUT2D eigenvalue weighted by atomic mass is 16.3. The molecule has 0 saturated heterocycles. The van der Waals surface area contributed by atoms with Crippen molar-refractivity contribution in [3.8, 4) is 12.3 Å². The van der Waals surface area contributed by atoms with E-state index in [1.807, 2.05) is 30.3 Å². The molecule has 3 aromatic carbocycles. The van der Waals surface area contributed by atoms with E-state index in [1.54, 1.807) is 48.5 Å². The Hall–Kier alpha value is -4.08. The van der Waals surface area contributed by atoms with Crippen LogP contribution in [0.25, 0.3) is 0 Å². The highest BCUT2D eigenvalue weighted by molar-refractivity contribution is 6.09. The summed E-state index contributed by atoms with van der Waals surface area (Å²) in [7, 11) is 0. The quantitative estimate of drug-likeness (QED) is 0.410. The lowest BCUT2D eigenvalue weighted by molar-refractivity contribution is -0.125. The summed E-state index contributed by atoms with van der Waals surface area (Å²) in [5.41, 5.74) is 8.82. The van der Waals surface area contributed by atoms with Crippen LogP contribution in [0.4, 0.5) is 11.4 Å². The van der Waals surface area contributed by atoms with Gasteiger partial charge in [0.05, 0.1) is 6.61 Å². The summed E-state index contributed by atoms with van der Waals surface area (Å²) in [5, 5.41) is 12.4. The maximum Gasteiger partial charge on any atom is 0.303 e. The topological polar surface area (TPSA) is 95.7 Å². The smallest absolute Gasteiger partial charge is 0.303 e. The van der Waals surface area contributed by atoms with E-state index in [-0.39, 0.29) is 13.2 Å². The summed E-state index contributed by atoms with van der Waals surface area (Å²) in [4.78, 5) is 27.4. The number of hydrogen-bond acceptors (Lipinski definition) is 4. The van der Waals surface area contributed by atoms with Gasteiger partial charge in [0.1, 0.15) is 6.04 Å². The second-order valence-corrected chi connectivity index (χ2v) is 6.92. The zero-order valence-corrected chi connectivity index (χ0v) is 16.9. The molecule has 156 valence electrons. The highest BCUT2D eigenvalue weighted by Gasteiger charge is 2.32. The molecular weight excluding hydrogens is 390 g/mol. The average Bonchev–Trinajstić information content (AvgIpc) is 2.81. The van der Waals surface area contributed by atoms with Crippen LogP contribution in [0.5, 0.6) is 0 Å². The second kappa shape index (κ2) is 10.1. The number of hydrogen-bond donors (Lipinski definition) is 3. The van der Waals surface area contributed by atoms with E-state index in [1.165, 1.54) is 4.90 Å². The normalized spacial score (nSPS) is 11.2. The molecule has 0 radical (unpaired) electrons. The number of aliphatic hydroxyl groups excluding tert-OH is 1. The predicted octanol–water partition coefficient (Wildman–Crippen LogP) is 2.79. The molecule has 1 atom stereocenters. The lowest BCUT2D eigenvalue weighted by Crippen LogP contribution is -2.43. The Morgan fingerprint density at radius 2 is 1.71 bits per heavy atom. The fourth-order valence-electron chi connectivity index (χ4n) is 3.29. The summed E-state index contributed by atoms with van der Waals surface area (Å²) >= 11 is 0. The van der Waals surface area contributed by atoms with Crippen molar-refractivity contribution in [2.24, 2.45) is 0 Å². The number of nitrogens with two attached hydrogens (primary N) is 1. The molecule has 3 aromatic rings. The van der Waals surface area contributed by atoms with Gasteiger partial charge in [-0.1, -0.05) is 54.6 Å². The number of terminal acetylenes is 1. The van der Waals surface area contributed by atoms with Crippen molar-refractivity contribution in [1.29, 1.82) is 0 Å². The maximum atomic E-state index is 13.4. The summed E-state index contributed by atoms with van der Waals surface area (Å²) in [6.45, 7) is 0.0718. The largest absolute Gasteiger partial charge is 0.399 e. The van der Waals surface area contributed by atoms with Crippen LogP contribution < -0.4 is 16.0 Å². The molecule has 4 N–H and O–H groups in total. The highest BCUT2D eigenvalue weighted by Crippen LogP contribution is 2.30. The number of nitrogen functional groups attached to an aromatic ring is 1. The molecule has 6 nitrogen and oxygen atoms in total. The minimum absolute atomic E-state index is 0.213. The van der Waals surface area contributed by atoms with Crippen LogP contribution in [0, 0.1) is 12.3 Å². The van der Waals surface area contributed by atoms with Crippen LogP contribution in [0.1, 0.15) is 22.7 Å². The van der Waals surface area contributed by atoms with Crippen molar-refractivity contribution in [2.45, 2.75) is 19.2 Å². The number of rotatable bonds is 7.